The molecule has 1 heterocycles. The second kappa shape index (κ2) is 10.2. The minimum absolute atomic E-state index is 0.00875. The number of hydrogen-bond donors (Lipinski definition) is 3. The lowest BCUT2D eigenvalue weighted by Crippen LogP contribution is -2.52. The maximum atomic E-state index is 13.3. The van der Waals surface area contributed by atoms with E-state index in [9.17, 15) is 14.4 Å². The van der Waals surface area contributed by atoms with Gasteiger partial charge in [-0.3, -0.25) is 14.6 Å². The average Bonchev–Trinajstić information content (AvgIpc) is 2.85. The molecule has 9 heteroatoms. The maximum absolute atomic E-state index is 13.3. The van der Waals surface area contributed by atoms with Crippen LogP contribution < -0.4 is 16.0 Å². The van der Waals surface area contributed by atoms with Gasteiger partial charge in [0.15, 0.2) is 0 Å². The lowest BCUT2D eigenvalue weighted by Gasteiger charge is -2.51. The maximum Gasteiger partial charge on any atom is 0.407 e. The average molecular weight is 557 g/mol. The molecule has 2 aromatic rings. The predicted molar refractivity (Wildman–Crippen MR) is 141 cm³/mol. The van der Waals surface area contributed by atoms with Gasteiger partial charge in [-0.05, 0) is 95.7 Å². The van der Waals surface area contributed by atoms with Crippen LogP contribution >= 0.6 is 15.9 Å². The number of benzene rings is 1. The van der Waals surface area contributed by atoms with Crippen LogP contribution in [0.15, 0.2) is 47.1 Å². The molecule has 1 aromatic carbocycles. The summed E-state index contributed by atoms with van der Waals surface area (Å²) in [5.41, 5.74) is 0.650. The molecular weight excluding hydrogens is 524 g/mol. The number of anilines is 2. The summed E-state index contributed by atoms with van der Waals surface area (Å²) < 4.78 is 6.19. The molecular formula is C27H33BrN4O4. The van der Waals surface area contributed by atoms with Crippen molar-refractivity contribution in [3.63, 3.8) is 0 Å². The number of ether oxygens (including phenoxy) is 1. The Labute approximate surface area is 220 Å². The third kappa shape index (κ3) is 6.06. The highest BCUT2D eigenvalue weighted by Crippen LogP contribution is 2.57. The number of fused-ring (bicyclic) bond motifs is 3. The zero-order valence-corrected chi connectivity index (χ0v) is 22.5. The van der Waals surface area contributed by atoms with Gasteiger partial charge in [0.1, 0.15) is 5.60 Å². The molecule has 0 unspecified atom stereocenters. The number of carbonyl (C=O) groups excluding carboxylic acids is 3. The number of alkyl carbamates (subject to hydrolysis) is 1. The summed E-state index contributed by atoms with van der Waals surface area (Å²) in [6.45, 7) is 5.65. The predicted octanol–water partition coefficient (Wildman–Crippen LogP) is 5.79. The highest BCUT2D eigenvalue weighted by molar-refractivity contribution is 9.10. The molecule has 0 saturated heterocycles. The van der Waals surface area contributed by atoms with Crippen molar-refractivity contribution < 1.29 is 19.1 Å². The van der Waals surface area contributed by atoms with Gasteiger partial charge in [-0.25, -0.2) is 4.79 Å². The molecule has 1 aromatic heterocycles. The van der Waals surface area contributed by atoms with Crippen molar-refractivity contribution in [2.45, 2.75) is 71.4 Å². The van der Waals surface area contributed by atoms with E-state index in [0.717, 1.165) is 10.2 Å². The Balaban J connectivity index is 1.29. The van der Waals surface area contributed by atoms with Crippen molar-refractivity contribution in [1.29, 1.82) is 0 Å². The monoisotopic (exact) mass is 556 g/mol. The summed E-state index contributed by atoms with van der Waals surface area (Å²) >= 11 is 3.41. The number of amides is 3. The van der Waals surface area contributed by atoms with E-state index in [1.165, 1.54) is 0 Å². The molecule has 3 aliphatic carbocycles. The summed E-state index contributed by atoms with van der Waals surface area (Å²) in [4.78, 5) is 42.5. The first-order valence-corrected chi connectivity index (χ1v) is 13.1. The SMILES string of the molecule is CC(C)(C)OC(=O)NCc1ccc(NC(=O)C23CCC(C(=O)Nc4ccc(Br)cc4)(CC2)CC3)cn1. The smallest absolute Gasteiger partial charge is 0.407 e. The first-order chi connectivity index (χ1) is 17.0. The van der Waals surface area contributed by atoms with Crippen LogP contribution in [0.1, 0.15) is 65.0 Å². The van der Waals surface area contributed by atoms with Gasteiger partial charge in [0.2, 0.25) is 11.8 Å². The Hall–Kier alpha value is -2.94. The van der Waals surface area contributed by atoms with E-state index in [4.69, 9.17) is 4.74 Å². The number of aromatic nitrogens is 1. The van der Waals surface area contributed by atoms with E-state index in [0.29, 0.717) is 49.9 Å². The normalized spacial score (nSPS) is 23.0. The van der Waals surface area contributed by atoms with E-state index in [2.05, 4.69) is 36.9 Å². The van der Waals surface area contributed by atoms with Gasteiger partial charge in [0.05, 0.1) is 24.1 Å². The zero-order chi connectivity index (χ0) is 26.0. The van der Waals surface area contributed by atoms with Gasteiger partial charge in [0, 0.05) is 21.0 Å². The van der Waals surface area contributed by atoms with Crippen LogP contribution in [-0.4, -0.2) is 28.5 Å². The summed E-state index contributed by atoms with van der Waals surface area (Å²) in [5, 5.41) is 8.76. The number of nitrogens with zero attached hydrogens (tertiary/aromatic N) is 1. The van der Waals surface area contributed by atoms with E-state index in [1.54, 1.807) is 39.1 Å². The van der Waals surface area contributed by atoms with Crippen LogP contribution in [0.5, 0.6) is 0 Å². The molecule has 0 aliphatic heterocycles. The topological polar surface area (TPSA) is 109 Å². The second-order valence-electron chi connectivity index (χ2n) is 10.9. The molecule has 0 radical (unpaired) electrons. The quantitative estimate of drug-likeness (QED) is 0.417. The highest BCUT2D eigenvalue weighted by atomic mass is 79.9. The van der Waals surface area contributed by atoms with Gasteiger partial charge in [-0.1, -0.05) is 15.9 Å². The highest BCUT2D eigenvalue weighted by Gasteiger charge is 2.55. The molecule has 3 amide bonds. The lowest BCUT2D eigenvalue weighted by molar-refractivity contribution is -0.144. The fourth-order valence-electron chi connectivity index (χ4n) is 5.01. The molecule has 0 atom stereocenters. The van der Waals surface area contributed by atoms with Crippen molar-refractivity contribution in [2.24, 2.45) is 10.8 Å². The lowest BCUT2D eigenvalue weighted by atomic mass is 9.53. The number of hydrogen-bond acceptors (Lipinski definition) is 5. The van der Waals surface area contributed by atoms with Crippen LogP contribution in [0.25, 0.3) is 0 Å². The van der Waals surface area contributed by atoms with Gasteiger partial charge < -0.3 is 20.7 Å². The second-order valence-corrected chi connectivity index (χ2v) is 11.8. The third-order valence-corrected chi connectivity index (χ3v) is 7.74. The van der Waals surface area contributed by atoms with Crippen molar-refractivity contribution >= 4 is 45.2 Å². The molecule has 0 spiro atoms. The van der Waals surface area contributed by atoms with Gasteiger partial charge in [-0.15, -0.1) is 0 Å². The zero-order valence-electron chi connectivity index (χ0n) is 20.9. The minimum atomic E-state index is -0.563. The molecule has 3 aliphatic rings. The van der Waals surface area contributed by atoms with E-state index >= 15 is 0 Å². The molecule has 5 rings (SSSR count). The molecule has 2 bridgehead atoms. The van der Waals surface area contributed by atoms with E-state index in [1.807, 2.05) is 24.3 Å². The summed E-state index contributed by atoms with van der Waals surface area (Å²) in [7, 11) is 0. The van der Waals surface area contributed by atoms with Crippen LogP contribution in [0.4, 0.5) is 16.2 Å². The fourth-order valence-corrected chi connectivity index (χ4v) is 5.27. The number of carbonyl (C=O) groups is 3. The number of nitrogens with one attached hydrogen (secondary N) is 3. The number of rotatable bonds is 6. The summed E-state index contributed by atoms with van der Waals surface area (Å²) in [6.07, 6.45) is 5.29. The Morgan fingerprint density at radius 3 is 1.83 bits per heavy atom. The fraction of sp³-hybridized carbons (Fsp3) is 0.481. The Morgan fingerprint density at radius 1 is 0.861 bits per heavy atom. The van der Waals surface area contributed by atoms with Crippen molar-refractivity contribution in [2.75, 3.05) is 10.6 Å². The van der Waals surface area contributed by atoms with Crippen molar-refractivity contribution in [3.8, 4) is 0 Å². The molecule has 36 heavy (non-hydrogen) atoms. The summed E-state index contributed by atoms with van der Waals surface area (Å²) in [5.74, 6) is 0.0452. The van der Waals surface area contributed by atoms with Gasteiger partial charge in [-0.2, -0.15) is 0 Å². The van der Waals surface area contributed by atoms with Crippen LogP contribution in [0, 0.1) is 10.8 Å². The Bertz CT molecular complexity index is 1100. The molecule has 3 N–H and O–H groups in total. The number of halogens is 1. The standard InChI is InChI=1S/C27H33BrN4O4/c1-25(2,3)36-24(35)30-16-20-8-9-21(17-29-20)32-23(34)27-13-10-26(11-14-27,12-15-27)22(33)31-19-6-4-18(28)5-7-19/h4-9,17H,10-16H2,1-3H3,(H,30,35)(H,31,33)(H,32,34). The van der Waals surface area contributed by atoms with Crippen molar-refractivity contribution in [3.05, 3.63) is 52.8 Å². The largest absolute Gasteiger partial charge is 0.444 e. The van der Waals surface area contributed by atoms with E-state index < -0.39 is 22.5 Å². The first-order valence-electron chi connectivity index (χ1n) is 12.3. The Morgan fingerprint density at radius 2 is 1.36 bits per heavy atom. The van der Waals surface area contributed by atoms with Crippen molar-refractivity contribution in [1.82, 2.24) is 10.3 Å². The third-order valence-electron chi connectivity index (χ3n) is 7.21. The molecule has 8 nitrogen and oxygen atoms in total. The summed E-state index contributed by atoms with van der Waals surface area (Å²) in [6, 6.07) is 11.1. The minimum Gasteiger partial charge on any atom is -0.444 e. The van der Waals surface area contributed by atoms with E-state index in [-0.39, 0.29) is 18.4 Å². The first kappa shape index (κ1) is 26.1. The van der Waals surface area contributed by atoms with Gasteiger partial charge >= 0.3 is 6.09 Å². The Kier molecular flexibility index (Phi) is 7.41. The molecule has 3 fully saturated rings. The van der Waals surface area contributed by atoms with Crippen LogP contribution in [-0.2, 0) is 20.9 Å². The molecule has 3 saturated carbocycles. The van der Waals surface area contributed by atoms with Gasteiger partial charge in [0.25, 0.3) is 0 Å². The van der Waals surface area contributed by atoms with Crippen LogP contribution in [0.3, 0.4) is 0 Å². The number of pyridine rings is 1. The van der Waals surface area contributed by atoms with Crippen LogP contribution in [0.2, 0.25) is 0 Å². The molecule has 192 valence electrons.